The highest BCUT2D eigenvalue weighted by Gasteiger charge is 2.44. The maximum absolute atomic E-state index is 12.3. The molecule has 1 atom stereocenters. The van der Waals surface area contributed by atoms with Crippen LogP contribution in [0.2, 0.25) is 0 Å². The molecule has 3 N–H and O–H groups in total. The Kier molecular flexibility index (Phi) is 4.86. The van der Waals surface area contributed by atoms with Gasteiger partial charge in [-0.15, -0.1) is 0 Å². The van der Waals surface area contributed by atoms with Crippen molar-refractivity contribution in [1.82, 2.24) is 5.16 Å². The Balaban J connectivity index is 2.12. The molecule has 0 saturated heterocycles. The molecule has 0 spiro atoms. The van der Waals surface area contributed by atoms with E-state index in [4.69, 9.17) is 9.66 Å². The lowest BCUT2D eigenvalue weighted by Crippen LogP contribution is -2.36. The minimum absolute atomic E-state index is 0.0933. The zero-order valence-corrected chi connectivity index (χ0v) is 15.3. The lowest BCUT2D eigenvalue weighted by molar-refractivity contribution is -0.143. The van der Waals surface area contributed by atoms with Gasteiger partial charge in [0, 0.05) is 11.6 Å². The van der Waals surface area contributed by atoms with E-state index in [0.29, 0.717) is 11.3 Å². The molecular weight excluding hydrogens is 368 g/mol. The van der Waals surface area contributed by atoms with Crippen LogP contribution in [0.1, 0.15) is 24.7 Å². The van der Waals surface area contributed by atoms with Crippen molar-refractivity contribution in [2.75, 3.05) is 0 Å². The van der Waals surface area contributed by atoms with Crippen LogP contribution in [0.4, 0.5) is 0 Å². The quantitative estimate of drug-likeness (QED) is 0.671. The summed E-state index contributed by atoms with van der Waals surface area (Å²) in [5.74, 6) is -0.955. The van der Waals surface area contributed by atoms with E-state index in [9.17, 15) is 18.3 Å². The molecule has 0 aliphatic rings. The van der Waals surface area contributed by atoms with Gasteiger partial charge in [0.05, 0.1) is 4.90 Å². The van der Waals surface area contributed by atoms with Gasteiger partial charge in [-0.3, -0.25) is 4.79 Å². The van der Waals surface area contributed by atoms with Crippen molar-refractivity contribution in [2.24, 2.45) is 5.14 Å². The molecule has 0 bridgehead atoms. The molecule has 0 fully saturated rings. The maximum atomic E-state index is 12.3. The van der Waals surface area contributed by atoms with Gasteiger partial charge in [-0.2, -0.15) is 0 Å². The lowest BCUT2D eigenvalue weighted by Gasteiger charge is -2.25. The van der Waals surface area contributed by atoms with Crippen LogP contribution in [-0.4, -0.2) is 24.7 Å². The monoisotopic (exact) mass is 386 g/mol. The topological polar surface area (TPSA) is 123 Å². The number of nitrogens with zero attached hydrogens (tertiary/aromatic N) is 1. The van der Waals surface area contributed by atoms with Crippen molar-refractivity contribution < 1.29 is 22.8 Å². The molecule has 0 radical (unpaired) electrons. The Morgan fingerprint density at radius 1 is 1.15 bits per heavy atom. The molecule has 27 heavy (non-hydrogen) atoms. The summed E-state index contributed by atoms with van der Waals surface area (Å²) in [7, 11) is -3.87. The molecule has 3 rings (SSSR count). The van der Waals surface area contributed by atoms with Crippen LogP contribution in [0.3, 0.4) is 0 Å². The number of benzene rings is 2. The largest absolute Gasteiger partial charge is 0.480 e. The van der Waals surface area contributed by atoms with E-state index in [1.807, 2.05) is 30.3 Å². The van der Waals surface area contributed by atoms with Crippen molar-refractivity contribution in [3.63, 3.8) is 0 Å². The summed E-state index contributed by atoms with van der Waals surface area (Å²) < 4.78 is 28.3. The molecule has 0 amide bonds. The third kappa shape index (κ3) is 3.36. The number of nitrogens with two attached hydrogens (primary N) is 1. The molecule has 1 aromatic heterocycles. The molecule has 7 nitrogen and oxygen atoms in total. The fourth-order valence-electron chi connectivity index (χ4n) is 3.05. The van der Waals surface area contributed by atoms with Crippen molar-refractivity contribution in [3.8, 4) is 11.3 Å². The molecule has 8 heteroatoms. The first kappa shape index (κ1) is 18.8. The summed E-state index contributed by atoms with van der Waals surface area (Å²) >= 11 is 0. The predicted molar refractivity (Wildman–Crippen MR) is 98.5 cm³/mol. The summed E-state index contributed by atoms with van der Waals surface area (Å²) in [5, 5.41) is 19.1. The van der Waals surface area contributed by atoms with E-state index in [1.54, 1.807) is 13.0 Å². The van der Waals surface area contributed by atoms with Gasteiger partial charge < -0.3 is 9.63 Å². The number of carbonyl (C=O) groups is 1. The average molecular weight is 386 g/mol. The van der Waals surface area contributed by atoms with Crippen molar-refractivity contribution >= 4 is 16.0 Å². The molecule has 1 heterocycles. The van der Waals surface area contributed by atoms with Gasteiger partial charge >= 0.3 is 5.97 Å². The van der Waals surface area contributed by atoms with Crippen molar-refractivity contribution in [2.45, 2.75) is 23.7 Å². The highest BCUT2D eigenvalue weighted by molar-refractivity contribution is 7.89. The van der Waals surface area contributed by atoms with Crippen LogP contribution in [0.5, 0.6) is 0 Å². The van der Waals surface area contributed by atoms with Crippen LogP contribution >= 0.6 is 0 Å². The standard InChI is InChI=1S/C19H18N2O5S/c1-2-19(18(22)23,14-8-10-15(11-9-14)27(20,24)25)17-12-16(21-26-17)13-6-4-3-5-7-13/h3-12H,2H2,1H3,(H,22,23)(H2,20,24,25). The van der Waals surface area contributed by atoms with Gasteiger partial charge in [-0.05, 0) is 24.1 Å². The third-order valence-electron chi connectivity index (χ3n) is 4.57. The first-order chi connectivity index (χ1) is 12.8. The molecule has 0 saturated carbocycles. The van der Waals surface area contributed by atoms with Gasteiger partial charge in [-0.25, -0.2) is 13.6 Å². The lowest BCUT2D eigenvalue weighted by atomic mass is 9.76. The number of rotatable bonds is 6. The molecule has 2 aromatic carbocycles. The van der Waals surface area contributed by atoms with E-state index in [2.05, 4.69) is 5.16 Å². The first-order valence-electron chi connectivity index (χ1n) is 8.18. The summed E-state index contributed by atoms with van der Waals surface area (Å²) in [6, 6.07) is 16.3. The highest BCUT2D eigenvalue weighted by Crippen LogP contribution is 2.38. The van der Waals surface area contributed by atoms with Crippen molar-refractivity contribution in [1.29, 1.82) is 0 Å². The van der Waals surface area contributed by atoms with Crippen LogP contribution in [0, 0.1) is 0 Å². The Morgan fingerprint density at radius 3 is 2.30 bits per heavy atom. The second-order valence-electron chi connectivity index (χ2n) is 6.08. The molecule has 3 aromatic rings. The van der Waals surface area contributed by atoms with E-state index < -0.39 is 21.4 Å². The van der Waals surface area contributed by atoms with Gasteiger partial charge in [0.25, 0.3) is 0 Å². The number of primary sulfonamides is 1. The SMILES string of the molecule is CCC(C(=O)O)(c1ccc(S(N)(=O)=O)cc1)c1cc(-c2ccccc2)no1. The fraction of sp³-hybridized carbons (Fsp3) is 0.158. The van der Waals surface area contributed by atoms with Gasteiger partial charge in [0.1, 0.15) is 5.69 Å². The molecule has 0 aliphatic carbocycles. The Morgan fingerprint density at radius 2 is 1.78 bits per heavy atom. The Bertz CT molecular complexity index is 1060. The number of aromatic nitrogens is 1. The average Bonchev–Trinajstić information content (AvgIpc) is 3.13. The maximum Gasteiger partial charge on any atom is 0.322 e. The van der Waals surface area contributed by atoms with Crippen molar-refractivity contribution in [3.05, 3.63) is 72.0 Å². The van der Waals surface area contributed by atoms with Gasteiger partial charge in [0.15, 0.2) is 11.2 Å². The number of aliphatic carboxylic acids is 1. The smallest absolute Gasteiger partial charge is 0.322 e. The Labute approximate surface area is 156 Å². The zero-order valence-electron chi connectivity index (χ0n) is 14.5. The predicted octanol–water partition coefficient (Wildman–Crippen LogP) is 2.77. The van der Waals surface area contributed by atoms with Gasteiger partial charge in [0.2, 0.25) is 10.0 Å². The number of hydrogen-bond acceptors (Lipinski definition) is 5. The summed E-state index contributed by atoms with van der Waals surface area (Å²) in [6.45, 7) is 1.71. The first-order valence-corrected chi connectivity index (χ1v) is 9.73. The highest BCUT2D eigenvalue weighted by atomic mass is 32.2. The van der Waals surface area contributed by atoms with Gasteiger partial charge in [-0.1, -0.05) is 54.5 Å². The summed E-state index contributed by atoms with van der Waals surface area (Å²) in [5.41, 5.74) is 0.190. The zero-order chi connectivity index (χ0) is 19.7. The summed E-state index contributed by atoms with van der Waals surface area (Å²) in [4.78, 5) is 12.2. The molecule has 140 valence electrons. The number of carboxylic acid groups (broad SMARTS) is 1. The molecule has 0 aliphatic heterocycles. The third-order valence-corrected chi connectivity index (χ3v) is 5.50. The minimum Gasteiger partial charge on any atom is -0.480 e. The van der Waals surface area contributed by atoms with E-state index in [-0.39, 0.29) is 17.1 Å². The second-order valence-corrected chi connectivity index (χ2v) is 7.64. The number of sulfonamides is 1. The van der Waals surface area contributed by atoms with Crippen LogP contribution in [0.15, 0.2) is 70.1 Å². The normalized spacial score (nSPS) is 13.9. The Hall–Kier alpha value is -2.97. The number of hydrogen-bond donors (Lipinski definition) is 2. The minimum atomic E-state index is -3.87. The second kappa shape index (κ2) is 6.98. The van der Waals surface area contributed by atoms with Crippen LogP contribution in [0.25, 0.3) is 11.3 Å². The van der Waals surface area contributed by atoms with Crippen LogP contribution < -0.4 is 5.14 Å². The van der Waals surface area contributed by atoms with E-state index >= 15 is 0 Å². The van der Waals surface area contributed by atoms with E-state index in [1.165, 1.54) is 24.3 Å². The summed E-state index contributed by atoms with van der Waals surface area (Å²) in [6.07, 6.45) is 0.181. The molecular formula is C19H18N2O5S. The fourth-order valence-corrected chi connectivity index (χ4v) is 3.57. The molecule has 1 unspecified atom stereocenters. The van der Waals surface area contributed by atoms with E-state index in [0.717, 1.165) is 5.56 Å². The number of carboxylic acids is 1. The van der Waals surface area contributed by atoms with Crippen LogP contribution in [-0.2, 0) is 20.2 Å².